The highest BCUT2D eigenvalue weighted by molar-refractivity contribution is 6.35. The zero-order valence-electron chi connectivity index (χ0n) is 15.3. The maximum absolute atomic E-state index is 11.2. The van der Waals surface area contributed by atoms with Gasteiger partial charge in [0.1, 0.15) is 12.4 Å². The molecule has 0 aromatic heterocycles. The Kier molecular flexibility index (Phi) is 8.80. The second-order valence-corrected chi connectivity index (χ2v) is 7.01. The molecule has 0 aliphatic heterocycles. The molecule has 2 aromatic rings. The lowest BCUT2D eigenvalue weighted by Gasteiger charge is -2.14. The summed E-state index contributed by atoms with van der Waals surface area (Å²) in [5.41, 5.74) is 1.54. The molecule has 7 heteroatoms. The lowest BCUT2D eigenvalue weighted by molar-refractivity contribution is -0.143. The molecule has 2 aromatic carbocycles. The number of carbonyl (C=O) groups is 1. The molecule has 0 radical (unpaired) electrons. The summed E-state index contributed by atoms with van der Waals surface area (Å²) in [5, 5.41) is 20.7. The monoisotopic (exact) mass is 424 g/mol. The van der Waals surface area contributed by atoms with E-state index in [1.165, 1.54) is 13.2 Å². The van der Waals surface area contributed by atoms with Crippen LogP contribution >= 0.6 is 23.2 Å². The fourth-order valence-electron chi connectivity index (χ4n) is 2.50. The molecule has 0 amide bonds. The van der Waals surface area contributed by atoms with Crippen LogP contribution in [0.4, 0.5) is 0 Å². The standard InChI is InChI=1S/C21H22Cl2O5/c1-27-21(26)12-17(25)11-16(24)7-8-18-19(23)9-15(22)10-20(18)28-13-14-5-3-2-4-6-14/h2-10,16-17,24-25H,11-13H2,1H3. The summed E-state index contributed by atoms with van der Waals surface area (Å²) in [6.45, 7) is 0.332. The number of benzene rings is 2. The Morgan fingerprint density at radius 2 is 1.89 bits per heavy atom. The number of hydrogen-bond donors (Lipinski definition) is 2. The van der Waals surface area contributed by atoms with Crippen molar-refractivity contribution in [2.24, 2.45) is 0 Å². The van der Waals surface area contributed by atoms with Gasteiger partial charge in [-0.2, -0.15) is 0 Å². The van der Waals surface area contributed by atoms with Gasteiger partial charge in [0.05, 0.1) is 30.8 Å². The van der Waals surface area contributed by atoms with E-state index in [2.05, 4.69) is 4.74 Å². The van der Waals surface area contributed by atoms with Crippen molar-refractivity contribution in [3.8, 4) is 5.75 Å². The number of rotatable bonds is 9. The molecule has 0 spiro atoms. The topological polar surface area (TPSA) is 76.0 Å². The Bertz CT molecular complexity index is 808. The van der Waals surface area contributed by atoms with Crippen LogP contribution in [0.2, 0.25) is 10.0 Å². The van der Waals surface area contributed by atoms with Crippen molar-refractivity contribution in [3.63, 3.8) is 0 Å². The number of carbonyl (C=O) groups excluding carboxylic acids is 1. The summed E-state index contributed by atoms with van der Waals surface area (Å²) in [7, 11) is 1.24. The highest BCUT2D eigenvalue weighted by Gasteiger charge is 2.15. The van der Waals surface area contributed by atoms with Crippen LogP contribution in [0.3, 0.4) is 0 Å². The SMILES string of the molecule is COC(=O)CC(O)CC(O)C=Cc1c(Cl)cc(Cl)cc1OCc1ccccc1. The first kappa shape index (κ1) is 22.2. The van der Waals surface area contributed by atoms with E-state index in [-0.39, 0.29) is 12.8 Å². The third-order valence-corrected chi connectivity index (χ3v) is 4.45. The zero-order valence-corrected chi connectivity index (χ0v) is 16.9. The van der Waals surface area contributed by atoms with Gasteiger partial charge in [0.25, 0.3) is 0 Å². The number of methoxy groups -OCH3 is 1. The Labute approximate surface area is 174 Å². The van der Waals surface area contributed by atoms with Crippen LogP contribution in [-0.2, 0) is 16.1 Å². The Hall–Kier alpha value is -2.05. The summed E-state index contributed by atoms with van der Waals surface area (Å²) in [6.07, 6.45) is 0.889. The molecule has 0 heterocycles. The summed E-state index contributed by atoms with van der Waals surface area (Å²) in [6, 6.07) is 12.9. The summed E-state index contributed by atoms with van der Waals surface area (Å²) in [4.78, 5) is 11.2. The van der Waals surface area contributed by atoms with E-state index in [0.717, 1.165) is 5.56 Å². The minimum Gasteiger partial charge on any atom is -0.488 e. The van der Waals surface area contributed by atoms with Crippen molar-refractivity contribution in [1.82, 2.24) is 0 Å². The largest absolute Gasteiger partial charge is 0.488 e. The van der Waals surface area contributed by atoms with Crippen LogP contribution in [0, 0.1) is 0 Å². The molecule has 2 N–H and O–H groups in total. The number of ether oxygens (including phenoxy) is 2. The van der Waals surface area contributed by atoms with E-state index in [1.807, 2.05) is 30.3 Å². The Balaban J connectivity index is 2.08. The first-order valence-electron chi connectivity index (χ1n) is 8.66. The van der Waals surface area contributed by atoms with Crippen molar-refractivity contribution in [2.75, 3.05) is 7.11 Å². The summed E-state index contributed by atoms with van der Waals surface area (Å²) in [5.74, 6) is -0.0686. The van der Waals surface area contributed by atoms with E-state index in [9.17, 15) is 15.0 Å². The molecule has 2 rings (SSSR count). The number of hydrogen-bond acceptors (Lipinski definition) is 5. The minimum atomic E-state index is -1.01. The third kappa shape index (κ3) is 7.17. The van der Waals surface area contributed by atoms with Crippen molar-refractivity contribution in [3.05, 3.63) is 69.7 Å². The fraction of sp³-hybridized carbons (Fsp3) is 0.286. The van der Waals surface area contributed by atoms with Crippen molar-refractivity contribution < 1.29 is 24.5 Å². The van der Waals surface area contributed by atoms with Crippen molar-refractivity contribution in [2.45, 2.75) is 31.7 Å². The second-order valence-electron chi connectivity index (χ2n) is 6.17. The molecule has 0 bridgehead atoms. The molecule has 2 unspecified atom stereocenters. The molecule has 28 heavy (non-hydrogen) atoms. The van der Waals surface area contributed by atoms with Crippen molar-refractivity contribution >= 4 is 35.2 Å². The Morgan fingerprint density at radius 3 is 2.57 bits per heavy atom. The molecule has 0 saturated heterocycles. The lowest BCUT2D eigenvalue weighted by atomic mass is 10.1. The van der Waals surface area contributed by atoms with Crippen LogP contribution < -0.4 is 4.74 Å². The fourth-order valence-corrected chi connectivity index (χ4v) is 3.04. The van der Waals surface area contributed by atoms with Gasteiger partial charge in [-0.3, -0.25) is 4.79 Å². The van der Waals surface area contributed by atoms with E-state index in [1.54, 1.807) is 18.2 Å². The normalized spacial score (nSPS) is 13.3. The molecule has 0 aliphatic rings. The predicted octanol–water partition coefficient (Wildman–Crippen LogP) is 4.26. The molecule has 5 nitrogen and oxygen atoms in total. The molecule has 2 atom stereocenters. The van der Waals surface area contributed by atoms with Gasteiger partial charge in [-0.05, 0) is 17.7 Å². The predicted molar refractivity (Wildman–Crippen MR) is 110 cm³/mol. The van der Waals surface area contributed by atoms with Crippen LogP contribution in [0.25, 0.3) is 6.08 Å². The molecule has 0 aliphatic carbocycles. The first-order valence-corrected chi connectivity index (χ1v) is 9.41. The first-order chi connectivity index (χ1) is 13.4. The molecular formula is C21H22Cl2O5. The van der Waals surface area contributed by atoms with Gasteiger partial charge in [0.2, 0.25) is 0 Å². The Morgan fingerprint density at radius 1 is 1.18 bits per heavy atom. The van der Waals surface area contributed by atoms with Gasteiger partial charge in [-0.15, -0.1) is 0 Å². The molecule has 150 valence electrons. The molecule has 0 fully saturated rings. The van der Waals surface area contributed by atoms with E-state index >= 15 is 0 Å². The van der Waals surface area contributed by atoms with Gasteiger partial charge < -0.3 is 19.7 Å². The average Bonchev–Trinajstić information content (AvgIpc) is 2.65. The van der Waals surface area contributed by atoms with Gasteiger partial charge in [-0.1, -0.05) is 65.7 Å². The van der Waals surface area contributed by atoms with Gasteiger partial charge in [0, 0.05) is 17.0 Å². The molecule has 0 saturated carbocycles. The maximum atomic E-state index is 11.2. The molecular weight excluding hydrogens is 403 g/mol. The van der Waals surface area contributed by atoms with E-state index in [0.29, 0.717) is 28.0 Å². The van der Waals surface area contributed by atoms with Crippen LogP contribution in [0.1, 0.15) is 24.0 Å². The summed E-state index contributed by atoms with van der Waals surface area (Å²) < 4.78 is 10.3. The maximum Gasteiger partial charge on any atom is 0.308 e. The number of esters is 1. The van der Waals surface area contributed by atoms with Crippen molar-refractivity contribution in [1.29, 1.82) is 0 Å². The van der Waals surface area contributed by atoms with Crippen LogP contribution in [-0.4, -0.2) is 35.5 Å². The average molecular weight is 425 g/mol. The number of aliphatic hydroxyl groups is 2. The number of halogens is 2. The summed E-state index contributed by atoms with van der Waals surface area (Å²) >= 11 is 12.4. The zero-order chi connectivity index (χ0) is 20.5. The number of aliphatic hydroxyl groups excluding tert-OH is 2. The van der Waals surface area contributed by atoms with Gasteiger partial charge in [-0.25, -0.2) is 0 Å². The second kappa shape index (κ2) is 11.1. The van der Waals surface area contributed by atoms with Crippen LogP contribution in [0.15, 0.2) is 48.5 Å². The lowest BCUT2D eigenvalue weighted by Crippen LogP contribution is -2.20. The van der Waals surface area contributed by atoms with Gasteiger partial charge >= 0.3 is 5.97 Å². The van der Waals surface area contributed by atoms with E-state index in [4.69, 9.17) is 27.9 Å². The smallest absolute Gasteiger partial charge is 0.308 e. The van der Waals surface area contributed by atoms with Gasteiger partial charge in [0.15, 0.2) is 0 Å². The highest BCUT2D eigenvalue weighted by Crippen LogP contribution is 2.33. The quantitative estimate of drug-likeness (QED) is 0.588. The van der Waals surface area contributed by atoms with Crippen LogP contribution in [0.5, 0.6) is 5.75 Å². The highest BCUT2D eigenvalue weighted by atomic mass is 35.5. The minimum absolute atomic E-state index is 0.0169. The third-order valence-electron chi connectivity index (χ3n) is 3.92. The van der Waals surface area contributed by atoms with E-state index < -0.39 is 18.2 Å².